The summed E-state index contributed by atoms with van der Waals surface area (Å²) >= 11 is 1.79. The molecule has 1 aliphatic rings. The molecule has 4 nitrogen and oxygen atoms in total. The monoisotopic (exact) mass is 254 g/mol. The number of rotatable bonds is 5. The number of nitrogens with one attached hydrogen (secondary N) is 1. The molecule has 2 heterocycles. The first-order chi connectivity index (χ1) is 8.19. The molecule has 1 aromatic rings. The summed E-state index contributed by atoms with van der Waals surface area (Å²) < 4.78 is 0. The van der Waals surface area contributed by atoms with Crippen LogP contribution < -0.4 is 10.2 Å². The van der Waals surface area contributed by atoms with Gasteiger partial charge in [-0.15, -0.1) is 11.3 Å². The van der Waals surface area contributed by atoms with Crippen LogP contribution in [0.4, 0.5) is 5.13 Å². The fourth-order valence-electron chi connectivity index (χ4n) is 2.37. The van der Waals surface area contributed by atoms with E-state index in [1.807, 2.05) is 13.2 Å². The standard InChI is InChI=1S/C12H22N4S/c1-13-6-11-7-14-12(17-11)16(3)9-10-4-5-15(2)8-10/h7,10,13H,4-6,8-9H2,1-3H3. The maximum atomic E-state index is 4.49. The van der Waals surface area contributed by atoms with Gasteiger partial charge in [0.05, 0.1) is 0 Å². The van der Waals surface area contributed by atoms with E-state index in [-0.39, 0.29) is 0 Å². The van der Waals surface area contributed by atoms with E-state index < -0.39 is 0 Å². The van der Waals surface area contributed by atoms with Crippen LogP contribution in [-0.2, 0) is 6.54 Å². The Morgan fingerprint density at radius 3 is 3.12 bits per heavy atom. The van der Waals surface area contributed by atoms with Crippen LogP contribution in [0.15, 0.2) is 6.20 Å². The fourth-order valence-corrected chi connectivity index (χ4v) is 3.26. The van der Waals surface area contributed by atoms with Gasteiger partial charge in [0.2, 0.25) is 0 Å². The molecule has 0 aromatic carbocycles. The molecule has 0 aliphatic carbocycles. The summed E-state index contributed by atoms with van der Waals surface area (Å²) in [5.74, 6) is 0.793. The van der Waals surface area contributed by atoms with Crippen LogP contribution >= 0.6 is 11.3 Å². The second kappa shape index (κ2) is 5.80. The van der Waals surface area contributed by atoms with Crippen molar-refractivity contribution < 1.29 is 0 Å². The molecule has 0 saturated carbocycles. The number of anilines is 1. The number of nitrogens with zero attached hydrogens (tertiary/aromatic N) is 3. The Hall–Kier alpha value is -0.650. The largest absolute Gasteiger partial charge is 0.351 e. The van der Waals surface area contributed by atoms with Gasteiger partial charge in [0.15, 0.2) is 5.13 Å². The zero-order valence-corrected chi connectivity index (χ0v) is 11.8. The molecule has 0 radical (unpaired) electrons. The van der Waals surface area contributed by atoms with Gasteiger partial charge >= 0.3 is 0 Å². The molecule has 0 bridgehead atoms. The quantitative estimate of drug-likeness (QED) is 0.857. The van der Waals surface area contributed by atoms with Gasteiger partial charge in [-0.05, 0) is 33.0 Å². The highest BCUT2D eigenvalue weighted by Gasteiger charge is 2.21. The molecule has 5 heteroatoms. The maximum Gasteiger partial charge on any atom is 0.185 e. The first kappa shape index (κ1) is 12.8. The molecule has 0 amide bonds. The van der Waals surface area contributed by atoms with Crippen LogP contribution in [0.2, 0.25) is 0 Å². The Kier molecular flexibility index (Phi) is 4.36. The minimum absolute atomic E-state index is 0.793. The topological polar surface area (TPSA) is 31.4 Å². The van der Waals surface area contributed by atoms with Crippen LogP contribution in [0, 0.1) is 5.92 Å². The summed E-state index contributed by atoms with van der Waals surface area (Å²) in [6, 6.07) is 0. The average Bonchev–Trinajstić information content (AvgIpc) is 2.88. The third-order valence-electron chi connectivity index (χ3n) is 3.24. The summed E-state index contributed by atoms with van der Waals surface area (Å²) in [6.07, 6.45) is 3.30. The van der Waals surface area contributed by atoms with Crippen LogP contribution in [0.3, 0.4) is 0 Å². The van der Waals surface area contributed by atoms with E-state index in [2.05, 4.69) is 34.2 Å². The third kappa shape index (κ3) is 3.40. The van der Waals surface area contributed by atoms with Crippen molar-refractivity contribution in [2.24, 2.45) is 5.92 Å². The Balaban J connectivity index is 1.87. The van der Waals surface area contributed by atoms with E-state index in [9.17, 15) is 0 Å². The van der Waals surface area contributed by atoms with Crippen LogP contribution in [0.1, 0.15) is 11.3 Å². The lowest BCUT2D eigenvalue weighted by Gasteiger charge is -2.20. The van der Waals surface area contributed by atoms with Gasteiger partial charge in [-0.25, -0.2) is 4.98 Å². The molecule has 1 fully saturated rings. The molecular formula is C12H22N4S. The number of likely N-dealkylation sites (tertiary alicyclic amines) is 1. The Labute approximate surface area is 108 Å². The normalized spacial score (nSPS) is 21.0. The molecule has 1 unspecified atom stereocenters. The van der Waals surface area contributed by atoms with Gasteiger partial charge in [-0.3, -0.25) is 0 Å². The number of thiazole rings is 1. The maximum absolute atomic E-state index is 4.49. The molecule has 2 rings (SSSR count). The van der Waals surface area contributed by atoms with Crippen molar-refractivity contribution in [1.29, 1.82) is 0 Å². The van der Waals surface area contributed by atoms with Crippen molar-refractivity contribution in [3.05, 3.63) is 11.1 Å². The van der Waals surface area contributed by atoms with E-state index >= 15 is 0 Å². The van der Waals surface area contributed by atoms with Crippen molar-refractivity contribution in [3.8, 4) is 0 Å². The fraction of sp³-hybridized carbons (Fsp3) is 0.750. The van der Waals surface area contributed by atoms with Crippen LogP contribution in [0.25, 0.3) is 0 Å². The Morgan fingerprint density at radius 1 is 1.65 bits per heavy atom. The molecule has 96 valence electrons. The minimum Gasteiger partial charge on any atom is -0.351 e. The molecule has 1 atom stereocenters. The Bertz CT molecular complexity index is 352. The third-order valence-corrected chi connectivity index (χ3v) is 4.35. The molecule has 1 aliphatic heterocycles. The van der Waals surface area contributed by atoms with Gasteiger partial charge in [-0.2, -0.15) is 0 Å². The summed E-state index contributed by atoms with van der Waals surface area (Å²) in [5.41, 5.74) is 0. The summed E-state index contributed by atoms with van der Waals surface area (Å²) in [6.45, 7) is 4.50. The highest BCUT2D eigenvalue weighted by molar-refractivity contribution is 7.15. The molecule has 1 aromatic heterocycles. The van der Waals surface area contributed by atoms with E-state index in [0.717, 1.165) is 24.1 Å². The van der Waals surface area contributed by atoms with E-state index in [1.54, 1.807) is 11.3 Å². The second-order valence-corrected chi connectivity index (χ2v) is 6.03. The van der Waals surface area contributed by atoms with Crippen molar-refractivity contribution in [3.63, 3.8) is 0 Å². The first-order valence-electron chi connectivity index (χ1n) is 6.18. The summed E-state index contributed by atoms with van der Waals surface area (Å²) in [7, 11) is 6.33. The van der Waals surface area contributed by atoms with Gasteiger partial charge in [0, 0.05) is 37.8 Å². The molecule has 0 spiro atoms. The zero-order chi connectivity index (χ0) is 12.3. The SMILES string of the molecule is CNCc1cnc(N(C)CC2CCN(C)C2)s1. The predicted octanol–water partition coefficient (Wildman–Crippen LogP) is 1.25. The zero-order valence-electron chi connectivity index (χ0n) is 10.9. The van der Waals surface area contributed by atoms with Gasteiger partial charge in [0.1, 0.15) is 0 Å². The summed E-state index contributed by atoms with van der Waals surface area (Å²) in [5, 5.41) is 4.30. The van der Waals surface area contributed by atoms with Crippen molar-refractivity contribution in [1.82, 2.24) is 15.2 Å². The van der Waals surface area contributed by atoms with E-state index in [1.165, 1.54) is 24.4 Å². The van der Waals surface area contributed by atoms with E-state index in [0.29, 0.717) is 0 Å². The minimum atomic E-state index is 0.793. The molecular weight excluding hydrogens is 232 g/mol. The highest BCUT2D eigenvalue weighted by atomic mass is 32.1. The van der Waals surface area contributed by atoms with Crippen LogP contribution in [0.5, 0.6) is 0 Å². The Morgan fingerprint density at radius 2 is 2.47 bits per heavy atom. The van der Waals surface area contributed by atoms with Crippen LogP contribution in [-0.4, -0.2) is 50.7 Å². The first-order valence-corrected chi connectivity index (χ1v) is 6.99. The van der Waals surface area contributed by atoms with Gasteiger partial charge in [-0.1, -0.05) is 0 Å². The van der Waals surface area contributed by atoms with Gasteiger partial charge < -0.3 is 15.1 Å². The summed E-state index contributed by atoms with van der Waals surface area (Å²) in [4.78, 5) is 10.5. The second-order valence-electron chi connectivity index (χ2n) is 4.94. The predicted molar refractivity (Wildman–Crippen MR) is 73.8 cm³/mol. The lowest BCUT2D eigenvalue weighted by Crippen LogP contribution is -2.27. The molecule has 1 saturated heterocycles. The molecule has 1 N–H and O–H groups in total. The lowest BCUT2D eigenvalue weighted by atomic mass is 10.1. The average molecular weight is 254 g/mol. The number of hydrogen-bond acceptors (Lipinski definition) is 5. The highest BCUT2D eigenvalue weighted by Crippen LogP contribution is 2.24. The van der Waals surface area contributed by atoms with Crippen molar-refractivity contribution in [2.75, 3.05) is 45.7 Å². The number of hydrogen-bond donors (Lipinski definition) is 1. The lowest BCUT2D eigenvalue weighted by molar-refractivity contribution is 0.396. The van der Waals surface area contributed by atoms with Gasteiger partial charge in [0.25, 0.3) is 0 Å². The van der Waals surface area contributed by atoms with Crippen molar-refractivity contribution >= 4 is 16.5 Å². The number of aromatic nitrogens is 1. The smallest absolute Gasteiger partial charge is 0.185 e. The van der Waals surface area contributed by atoms with Crippen molar-refractivity contribution in [2.45, 2.75) is 13.0 Å². The van der Waals surface area contributed by atoms with E-state index in [4.69, 9.17) is 0 Å². The molecule has 17 heavy (non-hydrogen) atoms.